The lowest BCUT2D eigenvalue weighted by Crippen LogP contribution is -2.27. The van der Waals surface area contributed by atoms with E-state index in [2.05, 4.69) is 10.3 Å². The number of hydrogen-bond acceptors (Lipinski definition) is 5. The highest BCUT2D eigenvalue weighted by atomic mass is 19.3. The number of phenols is 1. The average Bonchev–Trinajstić information content (AvgIpc) is 2.78. The van der Waals surface area contributed by atoms with Crippen LogP contribution in [0.1, 0.15) is 43.8 Å². The summed E-state index contributed by atoms with van der Waals surface area (Å²) in [5.41, 5.74) is 0.650. The normalized spacial score (nSPS) is 18.1. The summed E-state index contributed by atoms with van der Waals surface area (Å²) >= 11 is 0. The van der Waals surface area contributed by atoms with E-state index in [1.54, 1.807) is 18.2 Å². The number of phenolic OH excluding ortho intramolecular Hbond substituents is 1. The van der Waals surface area contributed by atoms with E-state index in [9.17, 15) is 23.8 Å². The molecule has 0 fully saturated rings. The quantitative estimate of drug-likeness (QED) is 0.335. The molecule has 0 saturated heterocycles. The summed E-state index contributed by atoms with van der Waals surface area (Å²) in [6, 6.07) is 6.09. The smallest absolute Gasteiger partial charge is 0.273 e. The third-order valence-electron chi connectivity index (χ3n) is 5.84. The Bertz CT molecular complexity index is 1020. The fraction of sp³-hybridized carbons (Fsp3) is 0.480. The van der Waals surface area contributed by atoms with Gasteiger partial charge in [-0.05, 0) is 49.6 Å². The fourth-order valence-corrected chi connectivity index (χ4v) is 3.94. The van der Waals surface area contributed by atoms with Gasteiger partial charge in [0.2, 0.25) is 5.56 Å². The zero-order valence-electron chi connectivity index (χ0n) is 18.6. The highest BCUT2D eigenvalue weighted by molar-refractivity contribution is 5.87. The summed E-state index contributed by atoms with van der Waals surface area (Å²) in [7, 11) is 0. The van der Waals surface area contributed by atoms with Crippen LogP contribution < -0.4 is 10.9 Å². The number of H-pyrrole nitrogens is 1. The Morgan fingerprint density at radius 2 is 1.91 bits per heavy atom. The van der Waals surface area contributed by atoms with Crippen molar-refractivity contribution in [1.82, 2.24) is 10.3 Å². The number of ether oxygens (including phenoxy) is 1. The first kappa shape index (κ1) is 25.1. The van der Waals surface area contributed by atoms with Crippen LogP contribution >= 0.6 is 0 Å². The first-order valence-electron chi connectivity index (χ1n) is 11.4. The van der Waals surface area contributed by atoms with Crippen molar-refractivity contribution in [3.05, 3.63) is 64.5 Å². The Morgan fingerprint density at radius 1 is 1.09 bits per heavy atom. The molecule has 1 aromatic carbocycles. The molecule has 8 heteroatoms. The van der Waals surface area contributed by atoms with Gasteiger partial charge in [0.25, 0.3) is 5.92 Å². The van der Waals surface area contributed by atoms with Crippen molar-refractivity contribution in [3.8, 4) is 5.75 Å². The third kappa shape index (κ3) is 7.22. The molecule has 1 aliphatic rings. The molecular formula is C25H32F2N2O4. The number of benzene rings is 1. The molecule has 3 rings (SSSR count). The van der Waals surface area contributed by atoms with E-state index in [0.717, 1.165) is 38.3 Å². The maximum absolute atomic E-state index is 13.7. The first-order valence-corrected chi connectivity index (χ1v) is 11.4. The molecule has 2 aromatic rings. The molecule has 1 aliphatic carbocycles. The molecule has 0 spiro atoms. The molecule has 1 unspecified atom stereocenters. The topological polar surface area (TPSA) is 94.6 Å². The number of fused-ring (bicyclic) bond motifs is 1. The number of alkyl halides is 2. The molecule has 33 heavy (non-hydrogen) atoms. The lowest BCUT2D eigenvalue weighted by Gasteiger charge is -2.23. The van der Waals surface area contributed by atoms with Gasteiger partial charge >= 0.3 is 0 Å². The van der Waals surface area contributed by atoms with Crippen LogP contribution in [0.4, 0.5) is 8.78 Å². The lowest BCUT2D eigenvalue weighted by atomic mass is 9.94. The fourth-order valence-electron chi connectivity index (χ4n) is 3.94. The number of aromatic hydroxyl groups is 1. The maximum Gasteiger partial charge on any atom is 0.273 e. The van der Waals surface area contributed by atoms with Gasteiger partial charge in [0, 0.05) is 37.1 Å². The molecule has 0 amide bonds. The summed E-state index contributed by atoms with van der Waals surface area (Å²) in [5, 5.41) is 24.3. The highest BCUT2D eigenvalue weighted by Crippen LogP contribution is 2.32. The van der Waals surface area contributed by atoms with E-state index in [1.165, 1.54) is 24.3 Å². The molecule has 4 N–H and O–H groups in total. The number of aromatic amines is 1. The molecule has 0 radical (unpaired) electrons. The van der Waals surface area contributed by atoms with Crippen molar-refractivity contribution < 1.29 is 23.7 Å². The van der Waals surface area contributed by atoms with E-state index in [4.69, 9.17) is 4.74 Å². The molecule has 0 bridgehead atoms. The Labute approximate surface area is 192 Å². The van der Waals surface area contributed by atoms with Gasteiger partial charge in [0.1, 0.15) is 5.75 Å². The number of halogens is 2. The Morgan fingerprint density at radius 3 is 2.73 bits per heavy atom. The van der Waals surface area contributed by atoms with Crippen LogP contribution in [0.25, 0.3) is 10.9 Å². The third-order valence-corrected chi connectivity index (χ3v) is 5.84. The van der Waals surface area contributed by atoms with Gasteiger partial charge in [-0.2, -0.15) is 0 Å². The number of rotatable bonds is 13. The molecule has 0 aliphatic heterocycles. The summed E-state index contributed by atoms with van der Waals surface area (Å²) < 4.78 is 32.8. The van der Waals surface area contributed by atoms with E-state index in [1.807, 2.05) is 0 Å². The summed E-state index contributed by atoms with van der Waals surface area (Å²) in [4.78, 5) is 14.1. The zero-order chi connectivity index (χ0) is 23.7. The minimum absolute atomic E-state index is 0.0310. The lowest BCUT2D eigenvalue weighted by molar-refractivity contribution is -0.00639. The first-order chi connectivity index (χ1) is 15.9. The van der Waals surface area contributed by atoms with Crippen LogP contribution in [0.15, 0.2) is 53.4 Å². The Hall–Kier alpha value is -2.55. The van der Waals surface area contributed by atoms with Crippen molar-refractivity contribution in [1.29, 1.82) is 0 Å². The van der Waals surface area contributed by atoms with Crippen molar-refractivity contribution >= 4 is 10.9 Å². The molecule has 180 valence electrons. The summed E-state index contributed by atoms with van der Waals surface area (Å²) in [5.74, 6) is -3.60. The SMILES string of the molecule is O=c1ccc2c([C@@H](O)CNCCCCCCOCCC3C=CC=CC3(F)F)ccc(O)c2[nH]1. The standard InChI is InChI=1S/C25H32F2N2O4/c26-25(27)13-4-3-7-18(25)12-16-33-15-6-2-1-5-14-28-17-22(31)19-8-10-21(30)24-20(19)9-11-23(32)29-24/h3-4,7-11,13,18,22,28,30-31H,1-2,5-6,12,14-17H2,(H,29,32)/t18?,22-/m0/s1. The van der Waals surface area contributed by atoms with Gasteiger partial charge in [-0.3, -0.25) is 4.79 Å². The molecule has 1 heterocycles. The van der Waals surface area contributed by atoms with Gasteiger partial charge in [0.05, 0.1) is 11.6 Å². The van der Waals surface area contributed by atoms with E-state index >= 15 is 0 Å². The number of nitrogens with one attached hydrogen (secondary N) is 2. The van der Waals surface area contributed by atoms with E-state index in [-0.39, 0.29) is 11.3 Å². The van der Waals surface area contributed by atoms with Crippen molar-refractivity contribution in [2.24, 2.45) is 5.92 Å². The highest BCUT2D eigenvalue weighted by Gasteiger charge is 2.35. The van der Waals surface area contributed by atoms with E-state index < -0.39 is 17.9 Å². The van der Waals surface area contributed by atoms with Gasteiger partial charge in [-0.1, -0.05) is 37.1 Å². The van der Waals surface area contributed by atoms with Crippen LogP contribution in [0.3, 0.4) is 0 Å². The monoisotopic (exact) mass is 462 g/mol. The predicted molar refractivity (Wildman–Crippen MR) is 125 cm³/mol. The number of hydrogen-bond donors (Lipinski definition) is 4. The van der Waals surface area contributed by atoms with Crippen LogP contribution in [-0.4, -0.2) is 47.4 Å². The summed E-state index contributed by atoms with van der Waals surface area (Å²) in [6.07, 6.45) is 8.89. The van der Waals surface area contributed by atoms with Gasteiger partial charge in [0.15, 0.2) is 0 Å². The van der Waals surface area contributed by atoms with Crippen molar-refractivity contribution in [2.75, 3.05) is 26.3 Å². The minimum Gasteiger partial charge on any atom is -0.506 e. The van der Waals surface area contributed by atoms with Gasteiger partial charge in [-0.25, -0.2) is 8.78 Å². The molecule has 1 aromatic heterocycles. The number of aromatic nitrogens is 1. The van der Waals surface area contributed by atoms with Crippen LogP contribution in [-0.2, 0) is 4.74 Å². The van der Waals surface area contributed by atoms with Crippen molar-refractivity contribution in [2.45, 2.75) is 44.1 Å². The van der Waals surface area contributed by atoms with Crippen LogP contribution in [0.2, 0.25) is 0 Å². The Balaban J connectivity index is 1.25. The molecule has 2 atom stereocenters. The molecule has 0 saturated carbocycles. The van der Waals surface area contributed by atoms with Crippen molar-refractivity contribution in [3.63, 3.8) is 0 Å². The zero-order valence-corrected chi connectivity index (χ0v) is 18.6. The predicted octanol–water partition coefficient (Wildman–Crippen LogP) is 4.20. The second-order valence-corrected chi connectivity index (χ2v) is 8.35. The minimum atomic E-state index is -2.78. The number of pyridine rings is 1. The van der Waals surface area contributed by atoms with Crippen LogP contribution in [0, 0.1) is 5.92 Å². The van der Waals surface area contributed by atoms with Crippen LogP contribution in [0.5, 0.6) is 5.75 Å². The molecule has 6 nitrogen and oxygen atoms in total. The van der Waals surface area contributed by atoms with Gasteiger partial charge < -0.3 is 25.3 Å². The number of unbranched alkanes of at least 4 members (excludes halogenated alkanes) is 3. The van der Waals surface area contributed by atoms with E-state index in [0.29, 0.717) is 42.6 Å². The second-order valence-electron chi connectivity index (χ2n) is 8.35. The number of allylic oxidation sites excluding steroid dienone is 4. The van der Waals surface area contributed by atoms with Gasteiger partial charge in [-0.15, -0.1) is 0 Å². The second kappa shape index (κ2) is 12.1. The number of aliphatic hydroxyl groups excluding tert-OH is 1. The molecular weight excluding hydrogens is 430 g/mol. The average molecular weight is 463 g/mol. The largest absolute Gasteiger partial charge is 0.506 e. The summed E-state index contributed by atoms with van der Waals surface area (Å²) in [6.45, 7) is 2.01. The Kier molecular flexibility index (Phi) is 9.17. The number of aliphatic hydroxyl groups is 1. The maximum atomic E-state index is 13.7.